The molecule has 12 rings (SSSR count). The first-order valence-corrected chi connectivity index (χ1v) is 20.8. The summed E-state index contributed by atoms with van der Waals surface area (Å²) in [5.41, 5.74) is 23.7. The van der Waals surface area contributed by atoms with Gasteiger partial charge in [-0.3, -0.25) is 0 Å². The predicted octanol–water partition coefficient (Wildman–Crippen LogP) is 15.1. The molecule has 59 heavy (non-hydrogen) atoms. The fourth-order valence-corrected chi connectivity index (χ4v) is 11.0. The van der Waals surface area contributed by atoms with Crippen LogP contribution in [-0.2, 0) is 10.8 Å². The van der Waals surface area contributed by atoms with Gasteiger partial charge in [0.25, 0.3) is 0 Å². The summed E-state index contributed by atoms with van der Waals surface area (Å²) in [5.74, 6) is 0. The van der Waals surface area contributed by atoms with Crippen molar-refractivity contribution in [3.63, 3.8) is 0 Å². The number of benzene rings is 9. The van der Waals surface area contributed by atoms with E-state index in [4.69, 9.17) is 0 Å². The molecule has 0 saturated carbocycles. The molecule has 9 aromatic carbocycles. The highest BCUT2D eigenvalue weighted by Crippen LogP contribution is 2.65. The van der Waals surface area contributed by atoms with Crippen LogP contribution in [-0.4, -0.2) is 0 Å². The Balaban J connectivity index is 1.13. The van der Waals surface area contributed by atoms with Gasteiger partial charge in [0, 0.05) is 22.4 Å². The molecule has 1 heteroatoms. The Hall–Kier alpha value is -7.22. The Morgan fingerprint density at radius 1 is 0.305 bits per heavy atom. The molecule has 0 aliphatic heterocycles. The zero-order chi connectivity index (χ0) is 39.3. The Labute approximate surface area is 346 Å². The SMILES string of the molecule is CC1(C)c2ccccc2-c2ccc(N(c3ccc4c(c3)-c3ccccc3C43c4ccccc4-c4cccc(-c5ccccc5)c43)c3ccccc3-c3ccccc3)cc21. The summed E-state index contributed by atoms with van der Waals surface area (Å²) in [7, 11) is 0. The average molecular weight is 752 g/mol. The van der Waals surface area contributed by atoms with Crippen molar-refractivity contribution in [3.05, 3.63) is 246 Å². The monoisotopic (exact) mass is 751 g/mol. The Morgan fingerprint density at radius 3 is 1.46 bits per heavy atom. The molecule has 3 aliphatic carbocycles. The number of hydrogen-bond donors (Lipinski definition) is 0. The molecule has 278 valence electrons. The minimum Gasteiger partial charge on any atom is -0.310 e. The molecule has 0 heterocycles. The van der Waals surface area contributed by atoms with Crippen molar-refractivity contribution in [2.45, 2.75) is 24.7 Å². The third-order valence-electron chi connectivity index (χ3n) is 13.5. The highest BCUT2D eigenvalue weighted by Gasteiger charge is 2.53. The first kappa shape index (κ1) is 33.9. The van der Waals surface area contributed by atoms with Crippen LogP contribution >= 0.6 is 0 Å². The van der Waals surface area contributed by atoms with Crippen LogP contribution in [0.2, 0.25) is 0 Å². The number of anilines is 3. The molecule has 0 amide bonds. The van der Waals surface area contributed by atoms with Crippen molar-refractivity contribution < 1.29 is 0 Å². The van der Waals surface area contributed by atoms with E-state index in [1.807, 2.05) is 0 Å². The van der Waals surface area contributed by atoms with Gasteiger partial charge in [0.05, 0.1) is 11.1 Å². The summed E-state index contributed by atoms with van der Waals surface area (Å²) in [5, 5.41) is 0. The maximum absolute atomic E-state index is 2.50. The largest absolute Gasteiger partial charge is 0.310 e. The normalized spacial score (nSPS) is 15.8. The third-order valence-corrected chi connectivity index (χ3v) is 13.5. The molecule has 1 spiro atoms. The lowest BCUT2D eigenvalue weighted by atomic mass is 9.68. The van der Waals surface area contributed by atoms with Gasteiger partial charge in [0.2, 0.25) is 0 Å². The summed E-state index contributed by atoms with van der Waals surface area (Å²) in [4.78, 5) is 2.50. The summed E-state index contributed by atoms with van der Waals surface area (Å²) in [6.07, 6.45) is 0. The van der Waals surface area contributed by atoms with Crippen molar-refractivity contribution in [2.75, 3.05) is 4.90 Å². The molecule has 0 bridgehead atoms. The summed E-state index contributed by atoms with van der Waals surface area (Å²) in [6.45, 7) is 4.74. The van der Waals surface area contributed by atoms with Crippen LogP contribution in [0.5, 0.6) is 0 Å². The number of hydrogen-bond acceptors (Lipinski definition) is 1. The summed E-state index contributed by atoms with van der Waals surface area (Å²) >= 11 is 0. The predicted molar refractivity (Wildman–Crippen MR) is 246 cm³/mol. The molecule has 0 saturated heterocycles. The zero-order valence-corrected chi connectivity index (χ0v) is 33.2. The van der Waals surface area contributed by atoms with Gasteiger partial charge in [-0.15, -0.1) is 0 Å². The minimum atomic E-state index is -0.473. The van der Waals surface area contributed by atoms with E-state index in [1.165, 1.54) is 89.0 Å². The molecular weight excluding hydrogens is 711 g/mol. The van der Waals surface area contributed by atoms with Crippen LogP contribution in [0.25, 0.3) is 55.6 Å². The lowest BCUT2D eigenvalue weighted by Crippen LogP contribution is -2.26. The van der Waals surface area contributed by atoms with Crippen molar-refractivity contribution in [1.29, 1.82) is 0 Å². The first-order chi connectivity index (χ1) is 29.0. The molecule has 1 unspecified atom stereocenters. The van der Waals surface area contributed by atoms with E-state index in [0.717, 1.165) is 17.1 Å². The van der Waals surface area contributed by atoms with E-state index in [0.29, 0.717) is 0 Å². The highest BCUT2D eigenvalue weighted by molar-refractivity contribution is 6.00. The molecule has 1 nitrogen and oxygen atoms in total. The van der Waals surface area contributed by atoms with Crippen molar-refractivity contribution in [2.24, 2.45) is 0 Å². The first-order valence-electron chi connectivity index (χ1n) is 20.8. The van der Waals surface area contributed by atoms with Gasteiger partial charge in [-0.05, 0) is 114 Å². The molecule has 0 N–H and O–H groups in total. The van der Waals surface area contributed by atoms with Gasteiger partial charge < -0.3 is 4.90 Å². The number of fused-ring (bicyclic) bond motifs is 13. The smallest absolute Gasteiger partial charge is 0.0731 e. The molecular formula is C58H41N. The molecule has 9 aromatic rings. The minimum absolute atomic E-state index is 0.129. The molecule has 1 atom stereocenters. The molecule has 0 fully saturated rings. The second kappa shape index (κ2) is 12.6. The standard InChI is InChI=1S/C58H41N/c1-57(2)50-28-13-9-23-44(50)47-34-32-41(37-54(47)57)59(55-31-16-12-22-42(55)38-18-5-3-6-19-38)40-33-35-53-49(36-40)46-25-11-15-30-52(46)58(53)51-29-14-10-24-45(51)48-27-17-26-43(56(48)58)39-20-7-4-8-21-39/h3-37H,1-2H3. The van der Waals surface area contributed by atoms with Crippen molar-refractivity contribution in [1.82, 2.24) is 0 Å². The van der Waals surface area contributed by atoms with E-state index < -0.39 is 5.41 Å². The fourth-order valence-electron chi connectivity index (χ4n) is 11.0. The van der Waals surface area contributed by atoms with E-state index >= 15 is 0 Å². The second-order valence-electron chi connectivity index (χ2n) is 16.8. The molecule has 0 radical (unpaired) electrons. The fraction of sp³-hybridized carbons (Fsp3) is 0.0690. The van der Waals surface area contributed by atoms with Crippen LogP contribution in [0.4, 0.5) is 17.1 Å². The van der Waals surface area contributed by atoms with Crippen LogP contribution in [0.1, 0.15) is 47.2 Å². The van der Waals surface area contributed by atoms with Gasteiger partial charge in [-0.25, -0.2) is 0 Å². The van der Waals surface area contributed by atoms with Gasteiger partial charge in [-0.1, -0.05) is 196 Å². The Bertz CT molecular complexity index is 3140. The highest BCUT2D eigenvalue weighted by atomic mass is 15.1. The van der Waals surface area contributed by atoms with Gasteiger partial charge >= 0.3 is 0 Å². The molecule has 3 aliphatic rings. The average Bonchev–Trinajstić information content (AvgIpc) is 3.85. The number of rotatable bonds is 5. The number of para-hydroxylation sites is 1. The van der Waals surface area contributed by atoms with E-state index in [-0.39, 0.29) is 5.41 Å². The quantitative estimate of drug-likeness (QED) is 0.169. The van der Waals surface area contributed by atoms with Crippen LogP contribution in [0.3, 0.4) is 0 Å². The third kappa shape index (κ3) is 4.67. The zero-order valence-electron chi connectivity index (χ0n) is 33.2. The van der Waals surface area contributed by atoms with Crippen molar-refractivity contribution >= 4 is 17.1 Å². The van der Waals surface area contributed by atoms with Gasteiger partial charge in [0.1, 0.15) is 0 Å². The Kier molecular flexibility index (Phi) is 7.26. The summed E-state index contributed by atoms with van der Waals surface area (Å²) in [6, 6.07) is 79.2. The second-order valence-corrected chi connectivity index (χ2v) is 16.8. The maximum atomic E-state index is 2.50. The topological polar surface area (TPSA) is 3.24 Å². The molecule has 0 aromatic heterocycles. The van der Waals surface area contributed by atoms with E-state index in [2.05, 4.69) is 231 Å². The van der Waals surface area contributed by atoms with E-state index in [1.54, 1.807) is 0 Å². The van der Waals surface area contributed by atoms with Crippen LogP contribution in [0, 0.1) is 0 Å². The lowest BCUT2D eigenvalue weighted by molar-refractivity contribution is 0.660. The van der Waals surface area contributed by atoms with Gasteiger partial charge in [-0.2, -0.15) is 0 Å². The Morgan fingerprint density at radius 2 is 0.763 bits per heavy atom. The summed E-state index contributed by atoms with van der Waals surface area (Å²) < 4.78 is 0. The maximum Gasteiger partial charge on any atom is 0.0731 e. The van der Waals surface area contributed by atoms with Crippen LogP contribution in [0.15, 0.2) is 212 Å². The van der Waals surface area contributed by atoms with Crippen LogP contribution < -0.4 is 4.90 Å². The van der Waals surface area contributed by atoms with Gasteiger partial charge in [0.15, 0.2) is 0 Å². The number of nitrogens with zero attached hydrogens (tertiary/aromatic N) is 1. The lowest BCUT2D eigenvalue weighted by Gasteiger charge is -2.33. The van der Waals surface area contributed by atoms with E-state index in [9.17, 15) is 0 Å². The van der Waals surface area contributed by atoms with Crippen molar-refractivity contribution in [3.8, 4) is 55.6 Å².